The molecule has 0 radical (unpaired) electrons. The van der Waals surface area contributed by atoms with Crippen LogP contribution in [0.25, 0.3) is 17.1 Å². The second-order valence-corrected chi connectivity index (χ2v) is 9.53. The zero-order valence-corrected chi connectivity index (χ0v) is 22.3. The van der Waals surface area contributed by atoms with Crippen molar-refractivity contribution >= 4 is 39.8 Å². The highest BCUT2D eigenvalue weighted by Gasteiger charge is 2.17. The molecule has 1 aromatic heterocycles. The number of benzene rings is 3. The standard InChI is InChI=1S/C26H24BrN5O3S/c1-17-4-6-18(7-5-17)25-30-31-26(32(25)21-9-11-22(34-2)12-10-21)36-16-24(33)29-28-15-19-14-20(27)8-13-23(19)35-3/h4-15H,16H2,1-3H3,(H,29,33)/b28-15+. The van der Waals surface area contributed by atoms with Crippen LogP contribution in [-0.2, 0) is 4.79 Å². The summed E-state index contributed by atoms with van der Waals surface area (Å²) in [5.74, 6) is 1.92. The van der Waals surface area contributed by atoms with Gasteiger partial charge < -0.3 is 9.47 Å². The number of ether oxygens (including phenoxy) is 2. The number of carbonyl (C=O) groups excluding carboxylic acids is 1. The van der Waals surface area contributed by atoms with Gasteiger partial charge in [0.05, 0.1) is 26.2 Å². The summed E-state index contributed by atoms with van der Waals surface area (Å²) in [6.07, 6.45) is 1.54. The van der Waals surface area contributed by atoms with E-state index in [0.717, 1.165) is 32.6 Å². The molecule has 8 nitrogen and oxygen atoms in total. The maximum atomic E-state index is 12.5. The van der Waals surface area contributed by atoms with Gasteiger partial charge in [-0.1, -0.05) is 57.5 Å². The third kappa shape index (κ3) is 6.13. The molecule has 1 amide bonds. The number of carbonyl (C=O) groups is 1. The van der Waals surface area contributed by atoms with E-state index in [4.69, 9.17) is 9.47 Å². The SMILES string of the molecule is COc1ccc(-n2c(SCC(=O)N/N=C/c3cc(Br)ccc3OC)nnc2-c2ccc(C)cc2)cc1. The Bertz CT molecular complexity index is 1370. The number of methoxy groups -OCH3 is 2. The molecular formula is C26H24BrN5O3S. The lowest BCUT2D eigenvalue weighted by Gasteiger charge is -2.11. The molecule has 0 spiro atoms. The van der Waals surface area contributed by atoms with Crippen LogP contribution >= 0.6 is 27.7 Å². The summed E-state index contributed by atoms with van der Waals surface area (Å²) in [4.78, 5) is 12.5. The molecule has 0 aliphatic heterocycles. The van der Waals surface area contributed by atoms with E-state index in [2.05, 4.69) is 36.7 Å². The van der Waals surface area contributed by atoms with E-state index in [-0.39, 0.29) is 11.7 Å². The van der Waals surface area contributed by atoms with Crippen LogP contribution < -0.4 is 14.9 Å². The van der Waals surface area contributed by atoms with Crippen LogP contribution in [0.1, 0.15) is 11.1 Å². The van der Waals surface area contributed by atoms with Crippen molar-refractivity contribution in [1.82, 2.24) is 20.2 Å². The number of aryl methyl sites for hydroxylation is 1. The van der Waals surface area contributed by atoms with Crippen LogP contribution in [0.4, 0.5) is 0 Å². The van der Waals surface area contributed by atoms with E-state index in [0.29, 0.717) is 16.7 Å². The highest BCUT2D eigenvalue weighted by atomic mass is 79.9. The van der Waals surface area contributed by atoms with Crippen molar-refractivity contribution in [2.75, 3.05) is 20.0 Å². The molecule has 0 aliphatic rings. The summed E-state index contributed by atoms with van der Waals surface area (Å²) in [7, 11) is 3.21. The summed E-state index contributed by atoms with van der Waals surface area (Å²) in [6.45, 7) is 2.03. The quantitative estimate of drug-likeness (QED) is 0.169. The lowest BCUT2D eigenvalue weighted by molar-refractivity contribution is -0.118. The molecule has 1 N–H and O–H groups in total. The zero-order chi connectivity index (χ0) is 25.5. The first-order valence-corrected chi connectivity index (χ1v) is 12.7. The van der Waals surface area contributed by atoms with Gasteiger partial charge in [0.1, 0.15) is 11.5 Å². The smallest absolute Gasteiger partial charge is 0.250 e. The Morgan fingerprint density at radius 2 is 1.81 bits per heavy atom. The fourth-order valence-corrected chi connectivity index (χ4v) is 4.48. The monoisotopic (exact) mass is 565 g/mol. The molecule has 0 saturated heterocycles. The van der Waals surface area contributed by atoms with Gasteiger partial charge in [-0.2, -0.15) is 5.10 Å². The predicted molar refractivity (Wildman–Crippen MR) is 145 cm³/mol. The normalized spacial score (nSPS) is 11.0. The van der Waals surface area contributed by atoms with Crippen LogP contribution in [0, 0.1) is 6.92 Å². The van der Waals surface area contributed by atoms with Crippen molar-refractivity contribution in [3.8, 4) is 28.6 Å². The number of aromatic nitrogens is 3. The Labute approximate surface area is 221 Å². The number of hydrogen-bond acceptors (Lipinski definition) is 7. The summed E-state index contributed by atoms with van der Waals surface area (Å²) in [5, 5.41) is 13.4. The Morgan fingerprint density at radius 1 is 1.06 bits per heavy atom. The number of nitrogens with one attached hydrogen (secondary N) is 1. The van der Waals surface area contributed by atoms with Crippen molar-refractivity contribution in [1.29, 1.82) is 0 Å². The van der Waals surface area contributed by atoms with E-state index in [9.17, 15) is 4.79 Å². The second-order valence-electron chi connectivity index (χ2n) is 7.67. The molecule has 4 rings (SSSR count). The average Bonchev–Trinajstić information content (AvgIpc) is 3.32. The molecule has 36 heavy (non-hydrogen) atoms. The number of thioether (sulfide) groups is 1. The Morgan fingerprint density at radius 3 is 2.50 bits per heavy atom. The highest BCUT2D eigenvalue weighted by Crippen LogP contribution is 2.29. The topological polar surface area (TPSA) is 90.6 Å². The van der Waals surface area contributed by atoms with Crippen molar-refractivity contribution in [2.24, 2.45) is 5.10 Å². The molecular weight excluding hydrogens is 542 g/mol. The first-order valence-electron chi connectivity index (χ1n) is 10.9. The molecule has 4 aromatic rings. The fourth-order valence-electron chi connectivity index (χ4n) is 3.36. The van der Waals surface area contributed by atoms with Crippen molar-refractivity contribution in [2.45, 2.75) is 12.1 Å². The third-order valence-electron chi connectivity index (χ3n) is 5.19. The van der Waals surface area contributed by atoms with Gasteiger partial charge in [0, 0.05) is 21.3 Å². The van der Waals surface area contributed by atoms with Crippen molar-refractivity contribution in [3.63, 3.8) is 0 Å². The first kappa shape index (κ1) is 25.5. The average molecular weight is 566 g/mol. The minimum absolute atomic E-state index is 0.106. The minimum Gasteiger partial charge on any atom is -0.497 e. The Kier molecular flexibility index (Phi) is 8.40. The number of hydrogen-bond donors (Lipinski definition) is 1. The number of hydrazone groups is 1. The molecule has 3 aromatic carbocycles. The fraction of sp³-hybridized carbons (Fsp3) is 0.154. The number of amides is 1. The molecule has 10 heteroatoms. The third-order valence-corrected chi connectivity index (χ3v) is 6.61. The van der Waals surface area contributed by atoms with E-state index in [1.165, 1.54) is 11.8 Å². The van der Waals surface area contributed by atoms with Gasteiger partial charge in [0.2, 0.25) is 0 Å². The van der Waals surface area contributed by atoms with E-state index in [1.54, 1.807) is 20.4 Å². The van der Waals surface area contributed by atoms with Gasteiger partial charge >= 0.3 is 0 Å². The van der Waals surface area contributed by atoms with Crippen molar-refractivity contribution < 1.29 is 14.3 Å². The van der Waals surface area contributed by atoms with Gasteiger partial charge in [-0.15, -0.1) is 10.2 Å². The summed E-state index contributed by atoms with van der Waals surface area (Å²) in [5.41, 5.74) is 6.23. The minimum atomic E-state index is -0.272. The van der Waals surface area contributed by atoms with E-state index >= 15 is 0 Å². The van der Waals surface area contributed by atoms with Gasteiger partial charge in [-0.3, -0.25) is 9.36 Å². The van der Waals surface area contributed by atoms with Gasteiger partial charge in [-0.25, -0.2) is 5.43 Å². The van der Waals surface area contributed by atoms with Crippen LogP contribution in [0.2, 0.25) is 0 Å². The van der Waals surface area contributed by atoms with Crippen molar-refractivity contribution in [3.05, 3.63) is 82.3 Å². The van der Waals surface area contributed by atoms with Crippen LogP contribution in [0.15, 0.2) is 81.5 Å². The van der Waals surface area contributed by atoms with E-state index < -0.39 is 0 Å². The highest BCUT2D eigenvalue weighted by molar-refractivity contribution is 9.10. The largest absolute Gasteiger partial charge is 0.497 e. The lowest BCUT2D eigenvalue weighted by atomic mass is 10.1. The first-order chi connectivity index (χ1) is 17.5. The second kappa shape index (κ2) is 11.9. The zero-order valence-electron chi connectivity index (χ0n) is 19.9. The number of halogens is 1. The molecule has 0 unspecified atom stereocenters. The van der Waals surface area contributed by atoms with E-state index in [1.807, 2.05) is 78.2 Å². The van der Waals surface area contributed by atoms with Crippen LogP contribution in [0.3, 0.4) is 0 Å². The molecule has 0 saturated carbocycles. The summed E-state index contributed by atoms with van der Waals surface area (Å²) in [6, 6.07) is 21.2. The molecule has 0 atom stereocenters. The van der Waals surface area contributed by atoms with Gasteiger partial charge in [0.25, 0.3) is 5.91 Å². The summed E-state index contributed by atoms with van der Waals surface area (Å²) < 4.78 is 13.4. The van der Waals surface area contributed by atoms with Gasteiger partial charge in [-0.05, 0) is 49.4 Å². The summed E-state index contributed by atoms with van der Waals surface area (Å²) >= 11 is 4.70. The molecule has 0 aliphatic carbocycles. The predicted octanol–water partition coefficient (Wildman–Crippen LogP) is 5.26. The lowest BCUT2D eigenvalue weighted by Crippen LogP contribution is -2.20. The maximum Gasteiger partial charge on any atom is 0.250 e. The molecule has 0 bridgehead atoms. The van der Waals surface area contributed by atoms with Gasteiger partial charge in [0.15, 0.2) is 11.0 Å². The van der Waals surface area contributed by atoms with Crippen LogP contribution in [0.5, 0.6) is 11.5 Å². The number of nitrogens with zero attached hydrogens (tertiary/aromatic N) is 4. The molecule has 1 heterocycles. The molecule has 0 fully saturated rings. The Balaban J connectivity index is 1.52. The number of rotatable bonds is 9. The maximum absolute atomic E-state index is 12.5. The van der Waals surface area contributed by atoms with Crippen LogP contribution in [-0.4, -0.2) is 46.9 Å². The molecule has 184 valence electrons. The Hall–Kier alpha value is -3.63.